The normalized spacial score (nSPS) is 12.3. The van der Waals surface area contributed by atoms with Gasteiger partial charge < -0.3 is 5.11 Å². The topological polar surface area (TPSA) is 33.1 Å². The molecule has 0 aliphatic rings. The fourth-order valence-corrected chi connectivity index (χ4v) is 1.50. The Labute approximate surface area is 91.7 Å². The van der Waals surface area contributed by atoms with E-state index in [1.54, 1.807) is 6.20 Å². The van der Waals surface area contributed by atoms with Crippen molar-refractivity contribution in [1.82, 2.24) is 4.98 Å². The molecule has 0 saturated carbocycles. The number of pyridine rings is 1. The van der Waals surface area contributed by atoms with Gasteiger partial charge in [0, 0.05) is 11.9 Å². The SMILES string of the molecule is C=CCCCC(O)CCc1ccccn1. The maximum absolute atomic E-state index is 9.68. The molecule has 1 aromatic rings. The van der Waals surface area contributed by atoms with Crippen molar-refractivity contribution < 1.29 is 5.11 Å². The predicted octanol–water partition coefficient (Wildman–Crippen LogP) is 2.73. The second kappa shape index (κ2) is 7.18. The molecule has 1 heterocycles. The fraction of sp³-hybridized carbons (Fsp3) is 0.462. The number of aliphatic hydroxyl groups is 1. The van der Waals surface area contributed by atoms with Crippen molar-refractivity contribution in [3.05, 3.63) is 42.7 Å². The number of nitrogens with zero attached hydrogens (tertiary/aromatic N) is 1. The molecule has 0 spiro atoms. The summed E-state index contributed by atoms with van der Waals surface area (Å²) in [4.78, 5) is 4.22. The van der Waals surface area contributed by atoms with Gasteiger partial charge in [-0.2, -0.15) is 0 Å². The van der Waals surface area contributed by atoms with Gasteiger partial charge in [0.2, 0.25) is 0 Å². The van der Waals surface area contributed by atoms with Crippen LogP contribution in [0.1, 0.15) is 31.4 Å². The molecule has 0 aliphatic carbocycles. The Morgan fingerprint density at radius 2 is 2.27 bits per heavy atom. The van der Waals surface area contributed by atoms with Crippen molar-refractivity contribution in [2.75, 3.05) is 0 Å². The number of aryl methyl sites for hydroxylation is 1. The Bertz CT molecular complexity index is 271. The van der Waals surface area contributed by atoms with Crippen LogP contribution in [0.15, 0.2) is 37.1 Å². The second-order valence-electron chi connectivity index (χ2n) is 3.73. The van der Waals surface area contributed by atoms with Crippen LogP contribution in [0.25, 0.3) is 0 Å². The first-order chi connectivity index (χ1) is 7.33. The van der Waals surface area contributed by atoms with Crippen molar-refractivity contribution >= 4 is 0 Å². The van der Waals surface area contributed by atoms with Gasteiger partial charge in [-0.3, -0.25) is 4.98 Å². The minimum Gasteiger partial charge on any atom is -0.393 e. The quantitative estimate of drug-likeness (QED) is 0.548. The summed E-state index contributed by atoms with van der Waals surface area (Å²) in [6.45, 7) is 3.66. The van der Waals surface area contributed by atoms with Crippen molar-refractivity contribution in [2.24, 2.45) is 0 Å². The summed E-state index contributed by atoms with van der Waals surface area (Å²) >= 11 is 0. The first kappa shape index (κ1) is 11.9. The molecule has 0 aromatic carbocycles. The van der Waals surface area contributed by atoms with Crippen LogP contribution in [0.3, 0.4) is 0 Å². The zero-order valence-corrected chi connectivity index (χ0v) is 9.10. The number of aromatic nitrogens is 1. The lowest BCUT2D eigenvalue weighted by atomic mass is 10.1. The van der Waals surface area contributed by atoms with E-state index in [0.717, 1.165) is 37.8 Å². The summed E-state index contributed by atoms with van der Waals surface area (Å²) in [5.41, 5.74) is 1.06. The highest BCUT2D eigenvalue weighted by atomic mass is 16.3. The van der Waals surface area contributed by atoms with Crippen LogP contribution in [0, 0.1) is 0 Å². The Morgan fingerprint density at radius 1 is 1.40 bits per heavy atom. The molecule has 0 radical (unpaired) electrons. The molecule has 1 rings (SSSR count). The number of aliphatic hydroxyl groups excluding tert-OH is 1. The van der Waals surface area contributed by atoms with Crippen LogP contribution in [0.4, 0.5) is 0 Å². The summed E-state index contributed by atoms with van der Waals surface area (Å²) in [7, 11) is 0. The fourth-order valence-electron chi connectivity index (χ4n) is 1.50. The van der Waals surface area contributed by atoms with Gasteiger partial charge in [0.25, 0.3) is 0 Å². The van der Waals surface area contributed by atoms with E-state index in [4.69, 9.17) is 0 Å². The third-order valence-corrected chi connectivity index (χ3v) is 2.41. The Hall–Kier alpha value is -1.15. The highest BCUT2D eigenvalue weighted by Crippen LogP contribution is 2.08. The van der Waals surface area contributed by atoms with Gasteiger partial charge in [-0.1, -0.05) is 12.1 Å². The summed E-state index contributed by atoms with van der Waals surface area (Å²) in [5, 5.41) is 9.68. The summed E-state index contributed by atoms with van der Waals surface area (Å²) in [5.74, 6) is 0. The molecule has 1 N–H and O–H groups in total. The van der Waals surface area contributed by atoms with Crippen LogP contribution in [0.2, 0.25) is 0 Å². The average Bonchev–Trinajstić information content (AvgIpc) is 2.28. The molecule has 1 unspecified atom stereocenters. The molecule has 0 bridgehead atoms. The van der Waals surface area contributed by atoms with E-state index in [-0.39, 0.29) is 6.10 Å². The lowest BCUT2D eigenvalue weighted by Gasteiger charge is -2.08. The zero-order chi connectivity index (χ0) is 10.9. The second-order valence-corrected chi connectivity index (χ2v) is 3.73. The zero-order valence-electron chi connectivity index (χ0n) is 9.10. The number of rotatable bonds is 7. The summed E-state index contributed by atoms with van der Waals surface area (Å²) in [6.07, 6.45) is 8.01. The standard InChI is InChI=1S/C13H19NO/c1-2-3-4-8-13(15)10-9-12-7-5-6-11-14-12/h2,5-7,11,13,15H,1,3-4,8-10H2. The molecular formula is C13H19NO. The van der Waals surface area contributed by atoms with Gasteiger partial charge >= 0.3 is 0 Å². The third-order valence-electron chi connectivity index (χ3n) is 2.41. The molecule has 0 aliphatic heterocycles. The van der Waals surface area contributed by atoms with E-state index in [1.807, 2.05) is 24.3 Å². The highest BCUT2D eigenvalue weighted by molar-refractivity contribution is 5.03. The average molecular weight is 205 g/mol. The van der Waals surface area contributed by atoms with Gasteiger partial charge in [-0.25, -0.2) is 0 Å². The van der Waals surface area contributed by atoms with E-state index in [0.29, 0.717) is 0 Å². The van der Waals surface area contributed by atoms with E-state index in [9.17, 15) is 5.11 Å². The van der Waals surface area contributed by atoms with Crippen LogP contribution < -0.4 is 0 Å². The predicted molar refractivity (Wildman–Crippen MR) is 62.6 cm³/mol. The minimum absolute atomic E-state index is 0.202. The monoisotopic (exact) mass is 205 g/mol. The molecule has 2 nitrogen and oxygen atoms in total. The number of hydrogen-bond donors (Lipinski definition) is 1. The molecule has 15 heavy (non-hydrogen) atoms. The van der Waals surface area contributed by atoms with E-state index in [1.165, 1.54) is 0 Å². The Morgan fingerprint density at radius 3 is 2.93 bits per heavy atom. The van der Waals surface area contributed by atoms with Crippen molar-refractivity contribution in [3.63, 3.8) is 0 Å². The lowest BCUT2D eigenvalue weighted by molar-refractivity contribution is 0.152. The van der Waals surface area contributed by atoms with Crippen LogP contribution in [-0.4, -0.2) is 16.2 Å². The molecule has 0 fully saturated rings. The molecule has 1 aromatic heterocycles. The number of allylic oxidation sites excluding steroid dienone is 1. The van der Waals surface area contributed by atoms with Crippen molar-refractivity contribution in [1.29, 1.82) is 0 Å². The minimum atomic E-state index is -0.202. The van der Waals surface area contributed by atoms with Gasteiger partial charge in [0.05, 0.1) is 6.10 Å². The van der Waals surface area contributed by atoms with Crippen molar-refractivity contribution in [2.45, 2.75) is 38.2 Å². The largest absolute Gasteiger partial charge is 0.393 e. The van der Waals surface area contributed by atoms with E-state index in [2.05, 4.69) is 11.6 Å². The molecule has 0 saturated heterocycles. The molecule has 1 atom stereocenters. The summed E-state index contributed by atoms with van der Waals surface area (Å²) in [6, 6.07) is 5.88. The first-order valence-corrected chi connectivity index (χ1v) is 5.52. The summed E-state index contributed by atoms with van der Waals surface area (Å²) < 4.78 is 0. The van der Waals surface area contributed by atoms with Gasteiger partial charge in [-0.15, -0.1) is 6.58 Å². The molecule has 2 heteroatoms. The van der Waals surface area contributed by atoms with Crippen LogP contribution in [0.5, 0.6) is 0 Å². The van der Waals surface area contributed by atoms with E-state index < -0.39 is 0 Å². The number of hydrogen-bond acceptors (Lipinski definition) is 2. The van der Waals surface area contributed by atoms with E-state index >= 15 is 0 Å². The Balaban J connectivity index is 2.16. The lowest BCUT2D eigenvalue weighted by Crippen LogP contribution is -2.08. The van der Waals surface area contributed by atoms with Gasteiger partial charge in [-0.05, 0) is 44.2 Å². The molecular weight excluding hydrogens is 186 g/mol. The van der Waals surface area contributed by atoms with Crippen molar-refractivity contribution in [3.8, 4) is 0 Å². The first-order valence-electron chi connectivity index (χ1n) is 5.52. The maximum Gasteiger partial charge on any atom is 0.0544 e. The smallest absolute Gasteiger partial charge is 0.0544 e. The molecule has 0 amide bonds. The highest BCUT2D eigenvalue weighted by Gasteiger charge is 2.04. The third kappa shape index (κ3) is 5.33. The Kier molecular flexibility index (Phi) is 5.71. The number of unbranched alkanes of at least 4 members (excludes halogenated alkanes) is 1. The van der Waals surface area contributed by atoms with Crippen LogP contribution >= 0.6 is 0 Å². The molecule has 82 valence electrons. The maximum atomic E-state index is 9.68. The van der Waals surface area contributed by atoms with Crippen LogP contribution in [-0.2, 0) is 6.42 Å². The van der Waals surface area contributed by atoms with Gasteiger partial charge in [0.15, 0.2) is 0 Å². The van der Waals surface area contributed by atoms with Gasteiger partial charge in [0.1, 0.15) is 0 Å².